The lowest BCUT2D eigenvalue weighted by atomic mass is 9.87. The van der Waals surface area contributed by atoms with Crippen LogP contribution in [0.15, 0.2) is 45.6 Å². The lowest BCUT2D eigenvalue weighted by Crippen LogP contribution is -2.34. The number of anilines is 1. The fourth-order valence-electron chi connectivity index (χ4n) is 4.85. The fourth-order valence-corrected chi connectivity index (χ4v) is 4.85. The molecule has 4 heteroatoms. The van der Waals surface area contributed by atoms with Crippen molar-refractivity contribution in [2.45, 2.75) is 38.7 Å². The summed E-state index contributed by atoms with van der Waals surface area (Å²) in [6, 6.07) is 11.7. The molecule has 3 aromatic rings. The second-order valence-electron chi connectivity index (χ2n) is 7.65. The molecule has 2 aromatic carbocycles. The van der Waals surface area contributed by atoms with Crippen LogP contribution in [-0.2, 0) is 12.8 Å². The first-order valence-corrected chi connectivity index (χ1v) is 9.79. The summed E-state index contributed by atoms with van der Waals surface area (Å²) >= 11 is 0. The van der Waals surface area contributed by atoms with Gasteiger partial charge in [-0.05, 0) is 49.8 Å². The van der Waals surface area contributed by atoms with Crippen LogP contribution in [0.25, 0.3) is 22.1 Å². The van der Waals surface area contributed by atoms with Gasteiger partial charge in [-0.15, -0.1) is 0 Å². The minimum atomic E-state index is -0.750. The Morgan fingerprint density at radius 2 is 1.85 bits per heavy atom. The zero-order chi connectivity index (χ0) is 18.5. The predicted octanol–water partition coefficient (Wildman–Crippen LogP) is 4.21. The van der Waals surface area contributed by atoms with Gasteiger partial charge in [0, 0.05) is 35.3 Å². The standard InChI is InChI=1S/C23H23NO3/c1-14(25)19-18-13-16-9-5-11-24-12-6-10-17(21(16)24)22(18)27-23(26)20(19)15-7-3-2-4-8-15/h2-4,7-8,13-14,25H,5-6,9-12H2,1H3. The summed E-state index contributed by atoms with van der Waals surface area (Å²) in [7, 11) is 0. The van der Waals surface area contributed by atoms with Crippen LogP contribution in [0.1, 0.15) is 42.6 Å². The maximum atomic E-state index is 13.0. The van der Waals surface area contributed by atoms with Crippen LogP contribution >= 0.6 is 0 Å². The minimum absolute atomic E-state index is 0.367. The highest BCUT2D eigenvalue weighted by Gasteiger charge is 2.29. The fraction of sp³-hybridized carbons (Fsp3) is 0.348. The largest absolute Gasteiger partial charge is 0.422 e. The summed E-state index contributed by atoms with van der Waals surface area (Å²) in [5, 5.41) is 11.5. The molecular weight excluding hydrogens is 338 g/mol. The van der Waals surface area contributed by atoms with Gasteiger partial charge in [0.25, 0.3) is 0 Å². The lowest BCUT2D eigenvalue weighted by Gasteiger charge is -2.37. The van der Waals surface area contributed by atoms with E-state index in [9.17, 15) is 9.90 Å². The summed E-state index contributed by atoms with van der Waals surface area (Å²) in [6.07, 6.45) is 3.42. The van der Waals surface area contributed by atoms with Crippen LogP contribution in [0.5, 0.6) is 0 Å². The molecule has 1 N–H and O–H groups in total. The van der Waals surface area contributed by atoms with Crippen molar-refractivity contribution in [2.75, 3.05) is 18.0 Å². The number of benzene rings is 2. The van der Waals surface area contributed by atoms with Gasteiger partial charge in [-0.2, -0.15) is 0 Å². The van der Waals surface area contributed by atoms with E-state index in [1.165, 1.54) is 11.3 Å². The van der Waals surface area contributed by atoms with E-state index in [1.807, 2.05) is 30.3 Å². The van der Waals surface area contributed by atoms with Gasteiger partial charge < -0.3 is 14.4 Å². The molecule has 5 rings (SSSR count). The number of aryl methyl sites for hydroxylation is 2. The maximum Gasteiger partial charge on any atom is 0.344 e. The Morgan fingerprint density at radius 1 is 1.11 bits per heavy atom. The summed E-state index contributed by atoms with van der Waals surface area (Å²) < 4.78 is 5.92. The Morgan fingerprint density at radius 3 is 2.59 bits per heavy atom. The van der Waals surface area contributed by atoms with E-state index in [-0.39, 0.29) is 5.63 Å². The number of hydrogen-bond donors (Lipinski definition) is 1. The van der Waals surface area contributed by atoms with Gasteiger partial charge in [0.1, 0.15) is 5.58 Å². The highest BCUT2D eigenvalue weighted by atomic mass is 16.4. The van der Waals surface area contributed by atoms with Crippen LogP contribution in [0.3, 0.4) is 0 Å². The summed E-state index contributed by atoms with van der Waals surface area (Å²) in [5.74, 6) is 0. The van der Waals surface area contributed by atoms with Gasteiger partial charge in [0.15, 0.2) is 0 Å². The smallest absolute Gasteiger partial charge is 0.344 e. The molecule has 0 fully saturated rings. The van der Waals surface area contributed by atoms with Crippen molar-refractivity contribution in [1.29, 1.82) is 0 Å². The first-order valence-electron chi connectivity index (χ1n) is 9.79. The topological polar surface area (TPSA) is 53.7 Å². The SMILES string of the molecule is CC(O)c1c(-c2ccccc2)c(=O)oc2c3c4c(cc12)CCCN4CCC3. The number of aliphatic hydroxyl groups is 1. The molecule has 138 valence electrons. The molecule has 0 bridgehead atoms. The Bertz CT molecular complexity index is 1080. The van der Waals surface area contributed by atoms with Crippen LogP contribution in [-0.4, -0.2) is 18.2 Å². The van der Waals surface area contributed by atoms with E-state index in [0.717, 1.165) is 55.3 Å². The van der Waals surface area contributed by atoms with Crippen LogP contribution in [0, 0.1) is 0 Å². The summed E-state index contributed by atoms with van der Waals surface area (Å²) in [5.41, 5.74) is 5.99. The molecule has 2 aliphatic heterocycles. The van der Waals surface area contributed by atoms with Gasteiger partial charge in [-0.25, -0.2) is 4.79 Å². The predicted molar refractivity (Wildman–Crippen MR) is 107 cm³/mol. The normalized spacial score (nSPS) is 17.0. The molecule has 4 nitrogen and oxygen atoms in total. The van der Waals surface area contributed by atoms with Crippen molar-refractivity contribution in [3.05, 3.63) is 63.5 Å². The first-order chi connectivity index (χ1) is 13.1. The number of fused-ring (bicyclic) bond motifs is 2. The maximum absolute atomic E-state index is 13.0. The van der Waals surface area contributed by atoms with Crippen molar-refractivity contribution < 1.29 is 9.52 Å². The zero-order valence-electron chi connectivity index (χ0n) is 15.5. The van der Waals surface area contributed by atoms with Gasteiger partial charge in [0.2, 0.25) is 0 Å². The Balaban J connectivity index is 1.90. The van der Waals surface area contributed by atoms with Crippen molar-refractivity contribution >= 4 is 16.7 Å². The molecule has 3 heterocycles. The van der Waals surface area contributed by atoms with Gasteiger partial charge in [-0.1, -0.05) is 30.3 Å². The minimum Gasteiger partial charge on any atom is -0.422 e. The molecule has 0 saturated heterocycles. The van der Waals surface area contributed by atoms with E-state index < -0.39 is 6.10 Å². The Labute approximate surface area is 158 Å². The monoisotopic (exact) mass is 361 g/mol. The van der Waals surface area contributed by atoms with Gasteiger partial charge in [0.05, 0.1) is 11.7 Å². The highest BCUT2D eigenvalue weighted by molar-refractivity contribution is 5.94. The van der Waals surface area contributed by atoms with Crippen LogP contribution in [0.2, 0.25) is 0 Å². The average molecular weight is 361 g/mol. The van der Waals surface area contributed by atoms with E-state index in [1.54, 1.807) is 6.92 Å². The molecule has 0 amide bonds. The number of aliphatic hydroxyl groups excluding tert-OH is 1. The molecule has 1 aromatic heterocycles. The summed E-state index contributed by atoms with van der Waals surface area (Å²) in [6.45, 7) is 3.88. The molecule has 1 atom stereocenters. The number of rotatable bonds is 2. The van der Waals surface area contributed by atoms with Gasteiger partial charge in [-0.3, -0.25) is 0 Å². The molecule has 2 aliphatic rings. The van der Waals surface area contributed by atoms with Crippen molar-refractivity contribution in [3.8, 4) is 11.1 Å². The third kappa shape index (κ3) is 2.51. The molecule has 0 spiro atoms. The molecule has 1 unspecified atom stereocenters. The number of hydrogen-bond acceptors (Lipinski definition) is 4. The van der Waals surface area contributed by atoms with Crippen LogP contribution in [0.4, 0.5) is 5.69 Å². The zero-order valence-corrected chi connectivity index (χ0v) is 15.5. The highest BCUT2D eigenvalue weighted by Crippen LogP contribution is 2.42. The van der Waals surface area contributed by atoms with E-state index in [4.69, 9.17) is 4.42 Å². The Kier molecular flexibility index (Phi) is 3.83. The van der Waals surface area contributed by atoms with Crippen molar-refractivity contribution in [2.24, 2.45) is 0 Å². The lowest BCUT2D eigenvalue weighted by molar-refractivity contribution is 0.201. The van der Waals surface area contributed by atoms with Crippen molar-refractivity contribution in [1.82, 2.24) is 0 Å². The molecule has 27 heavy (non-hydrogen) atoms. The second kappa shape index (κ2) is 6.24. The molecule has 0 saturated carbocycles. The van der Waals surface area contributed by atoms with E-state index >= 15 is 0 Å². The quantitative estimate of drug-likeness (QED) is 0.695. The summed E-state index contributed by atoms with van der Waals surface area (Å²) in [4.78, 5) is 15.4. The molecule has 0 radical (unpaired) electrons. The second-order valence-corrected chi connectivity index (χ2v) is 7.65. The van der Waals surface area contributed by atoms with Crippen LogP contribution < -0.4 is 10.5 Å². The van der Waals surface area contributed by atoms with Gasteiger partial charge >= 0.3 is 5.63 Å². The molecule has 0 aliphatic carbocycles. The number of nitrogens with zero attached hydrogens (tertiary/aromatic N) is 1. The Hall–Kier alpha value is -2.59. The first kappa shape index (κ1) is 16.6. The average Bonchev–Trinajstić information content (AvgIpc) is 2.68. The third-order valence-corrected chi connectivity index (χ3v) is 5.91. The molecular formula is C23H23NO3. The third-order valence-electron chi connectivity index (χ3n) is 5.91. The van der Waals surface area contributed by atoms with E-state index in [0.29, 0.717) is 16.7 Å². The van der Waals surface area contributed by atoms with E-state index in [2.05, 4.69) is 11.0 Å². The van der Waals surface area contributed by atoms with Crippen molar-refractivity contribution in [3.63, 3.8) is 0 Å².